The molecular formula is C32H41N3O8S2. The fourth-order valence-corrected chi connectivity index (χ4v) is 8.31. The molecule has 244 valence electrons. The molecule has 11 nitrogen and oxygen atoms in total. The summed E-state index contributed by atoms with van der Waals surface area (Å²) in [6.45, 7) is 1.39. The molecule has 0 aliphatic carbocycles. The topological polar surface area (TPSA) is 168 Å². The molecule has 0 bridgehead atoms. The van der Waals surface area contributed by atoms with Crippen molar-refractivity contribution >= 4 is 19.9 Å². The third-order valence-electron chi connectivity index (χ3n) is 8.47. The van der Waals surface area contributed by atoms with Gasteiger partial charge in [0.25, 0.3) is 0 Å². The van der Waals surface area contributed by atoms with Crippen LogP contribution in [0.3, 0.4) is 0 Å². The monoisotopic (exact) mass is 659 g/mol. The van der Waals surface area contributed by atoms with Crippen LogP contribution in [0, 0.1) is 0 Å². The van der Waals surface area contributed by atoms with Crippen LogP contribution in [0.1, 0.15) is 24.8 Å². The summed E-state index contributed by atoms with van der Waals surface area (Å²) in [4.78, 5) is 0.319. The quantitative estimate of drug-likeness (QED) is 0.213. The maximum Gasteiger partial charge on any atom is 0.243 e. The molecule has 2 saturated heterocycles. The van der Waals surface area contributed by atoms with Gasteiger partial charge in [-0.25, -0.2) is 16.8 Å². The van der Waals surface area contributed by atoms with Crippen molar-refractivity contribution < 1.29 is 36.5 Å². The number of aliphatic hydroxyl groups excluding tert-OH is 2. The van der Waals surface area contributed by atoms with Gasteiger partial charge >= 0.3 is 0 Å². The van der Waals surface area contributed by atoms with E-state index in [9.17, 15) is 21.9 Å². The molecule has 3 aromatic carbocycles. The van der Waals surface area contributed by atoms with Gasteiger partial charge in [-0.3, -0.25) is 0 Å². The third kappa shape index (κ3) is 8.10. The third-order valence-corrected chi connectivity index (χ3v) is 12.1. The van der Waals surface area contributed by atoms with Crippen LogP contribution >= 0.6 is 0 Å². The van der Waals surface area contributed by atoms with E-state index in [0.717, 1.165) is 16.7 Å². The first kappa shape index (κ1) is 33.5. The van der Waals surface area contributed by atoms with Crippen LogP contribution < -0.4 is 15.8 Å². The number of piperidine rings is 1. The number of sulfonamides is 1. The molecule has 45 heavy (non-hydrogen) atoms. The fraction of sp³-hybridized carbons (Fsp3) is 0.438. The summed E-state index contributed by atoms with van der Waals surface area (Å²) >= 11 is 0. The molecule has 2 atom stereocenters. The number of nitrogens with two attached hydrogens (primary N) is 1. The number of aliphatic hydroxyl groups is 2. The summed E-state index contributed by atoms with van der Waals surface area (Å²) in [5.41, 5.74) is 8.23. The zero-order valence-electron chi connectivity index (χ0n) is 25.0. The van der Waals surface area contributed by atoms with Gasteiger partial charge in [-0.1, -0.05) is 42.5 Å². The van der Waals surface area contributed by atoms with Crippen LogP contribution in [-0.4, -0.2) is 94.3 Å². The molecule has 13 heteroatoms. The van der Waals surface area contributed by atoms with Crippen LogP contribution in [0.25, 0.3) is 11.1 Å². The van der Waals surface area contributed by atoms with Crippen LogP contribution in [0.2, 0.25) is 0 Å². The Morgan fingerprint density at radius 1 is 0.978 bits per heavy atom. The standard InChI is InChI=1S/C32H41N3O8S2/c33-20-24-4-6-25(7-5-24)26-8-10-30(11-9-26)45(40,41)35-14-12-32(13-15-35)19-27(22-43-32)34-21-28(37)23-42-29-2-1-3-31(18-29)44(38,39)17-16-36/h1-11,18,27-28,34,36-37H,12-17,19-23,33H2/t27-,28+/m1/s1. The van der Waals surface area contributed by atoms with Crippen molar-refractivity contribution in [1.29, 1.82) is 0 Å². The first-order valence-electron chi connectivity index (χ1n) is 15.1. The van der Waals surface area contributed by atoms with Crippen molar-refractivity contribution in [2.45, 2.75) is 53.3 Å². The Balaban J connectivity index is 1.08. The van der Waals surface area contributed by atoms with Crippen molar-refractivity contribution in [3.63, 3.8) is 0 Å². The lowest BCUT2D eigenvalue weighted by atomic mass is 9.88. The number of nitrogens with one attached hydrogen (secondary N) is 1. The van der Waals surface area contributed by atoms with Crippen LogP contribution in [-0.2, 0) is 31.1 Å². The number of rotatable bonds is 13. The molecule has 5 rings (SSSR count). The highest BCUT2D eigenvalue weighted by Gasteiger charge is 2.44. The SMILES string of the molecule is NCc1ccc(-c2ccc(S(=O)(=O)N3CCC4(CC3)C[C@@H](NC[C@H](O)COc3cccc(S(=O)(=O)CCO)c3)CO4)cc2)cc1. The molecule has 3 aromatic rings. The Kier molecular flexibility index (Phi) is 10.6. The highest BCUT2D eigenvalue weighted by Crippen LogP contribution is 2.37. The van der Waals surface area contributed by atoms with Crippen molar-refractivity contribution in [3.05, 3.63) is 78.4 Å². The van der Waals surface area contributed by atoms with Gasteiger partial charge in [0.15, 0.2) is 9.84 Å². The average molecular weight is 660 g/mol. The van der Waals surface area contributed by atoms with E-state index in [1.54, 1.807) is 24.3 Å². The maximum absolute atomic E-state index is 13.4. The number of hydrogen-bond acceptors (Lipinski definition) is 10. The van der Waals surface area contributed by atoms with E-state index >= 15 is 0 Å². The predicted octanol–water partition coefficient (Wildman–Crippen LogP) is 1.92. The molecule has 0 aromatic heterocycles. The number of benzene rings is 3. The second-order valence-corrected chi connectivity index (χ2v) is 15.7. The maximum atomic E-state index is 13.4. The number of ether oxygens (including phenoxy) is 2. The number of hydrogen-bond donors (Lipinski definition) is 4. The summed E-state index contributed by atoms with van der Waals surface area (Å²) in [6.07, 6.45) is 1.02. The zero-order valence-corrected chi connectivity index (χ0v) is 26.7. The molecule has 0 saturated carbocycles. The van der Waals surface area contributed by atoms with Gasteiger partial charge in [0.1, 0.15) is 18.5 Å². The molecule has 2 fully saturated rings. The number of sulfone groups is 1. The minimum Gasteiger partial charge on any atom is -0.491 e. The normalized spacial score (nSPS) is 19.5. The van der Waals surface area contributed by atoms with Gasteiger partial charge in [-0.2, -0.15) is 4.31 Å². The summed E-state index contributed by atoms with van der Waals surface area (Å²) in [6, 6.07) is 20.8. The smallest absolute Gasteiger partial charge is 0.243 e. The minimum atomic E-state index is -3.64. The van der Waals surface area contributed by atoms with Crippen LogP contribution in [0.5, 0.6) is 5.75 Å². The predicted molar refractivity (Wildman–Crippen MR) is 170 cm³/mol. The summed E-state index contributed by atoms with van der Waals surface area (Å²) in [5, 5.41) is 22.8. The van der Waals surface area contributed by atoms with E-state index in [4.69, 9.17) is 20.3 Å². The van der Waals surface area contributed by atoms with E-state index in [0.29, 0.717) is 51.3 Å². The highest BCUT2D eigenvalue weighted by atomic mass is 32.2. The van der Waals surface area contributed by atoms with Crippen molar-refractivity contribution in [2.75, 3.05) is 45.2 Å². The Hall–Kier alpha value is -2.88. The molecule has 0 unspecified atom stereocenters. The van der Waals surface area contributed by atoms with Gasteiger partial charge in [0.05, 0.1) is 34.4 Å². The van der Waals surface area contributed by atoms with Gasteiger partial charge in [0, 0.05) is 32.2 Å². The van der Waals surface area contributed by atoms with Gasteiger partial charge in [0.2, 0.25) is 10.0 Å². The van der Waals surface area contributed by atoms with Gasteiger partial charge < -0.3 is 30.7 Å². The van der Waals surface area contributed by atoms with Gasteiger partial charge in [-0.05, 0) is 66.3 Å². The second-order valence-electron chi connectivity index (χ2n) is 11.6. The van der Waals surface area contributed by atoms with E-state index in [2.05, 4.69) is 5.32 Å². The molecule has 1 spiro atoms. The van der Waals surface area contributed by atoms with E-state index in [-0.39, 0.29) is 34.7 Å². The molecule has 5 N–H and O–H groups in total. The molecule has 2 heterocycles. The Morgan fingerprint density at radius 2 is 1.64 bits per heavy atom. The summed E-state index contributed by atoms with van der Waals surface area (Å²) in [5.74, 6) is -0.0616. The molecule has 2 aliphatic heterocycles. The fourth-order valence-electron chi connectivity index (χ4n) is 5.81. The van der Waals surface area contributed by atoms with E-state index in [1.807, 2.05) is 36.4 Å². The first-order valence-corrected chi connectivity index (χ1v) is 18.1. The van der Waals surface area contributed by atoms with Crippen LogP contribution in [0.4, 0.5) is 0 Å². The largest absolute Gasteiger partial charge is 0.491 e. The summed E-state index contributed by atoms with van der Waals surface area (Å²) in [7, 11) is -7.25. The van der Waals surface area contributed by atoms with Crippen molar-refractivity contribution in [3.8, 4) is 16.9 Å². The molecule has 2 aliphatic rings. The number of nitrogens with zero attached hydrogens (tertiary/aromatic N) is 1. The Labute approximate surface area is 264 Å². The molecular weight excluding hydrogens is 618 g/mol. The summed E-state index contributed by atoms with van der Waals surface area (Å²) < 4.78 is 64.5. The zero-order chi connectivity index (χ0) is 32.1. The van der Waals surface area contributed by atoms with Crippen molar-refractivity contribution in [2.24, 2.45) is 5.73 Å². The van der Waals surface area contributed by atoms with E-state index in [1.165, 1.54) is 16.4 Å². The Morgan fingerprint density at radius 3 is 2.29 bits per heavy atom. The Bertz CT molecular complexity index is 1640. The first-order chi connectivity index (χ1) is 21.5. The van der Waals surface area contributed by atoms with Crippen LogP contribution in [0.15, 0.2) is 82.6 Å². The lowest BCUT2D eigenvalue weighted by Gasteiger charge is -2.38. The average Bonchev–Trinajstić information content (AvgIpc) is 3.45. The van der Waals surface area contributed by atoms with Gasteiger partial charge in [-0.15, -0.1) is 0 Å². The molecule has 0 amide bonds. The lowest BCUT2D eigenvalue weighted by Crippen LogP contribution is -2.47. The highest BCUT2D eigenvalue weighted by molar-refractivity contribution is 7.91. The minimum absolute atomic E-state index is 0.00113. The lowest BCUT2D eigenvalue weighted by molar-refractivity contribution is -0.0312. The van der Waals surface area contributed by atoms with Crippen molar-refractivity contribution in [1.82, 2.24) is 9.62 Å². The molecule has 0 radical (unpaired) electrons. The van der Waals surface area contributed by atoms with E-state index < -0.39 is 38.2 Å². The second kappa shape index (κ2) is 14.3.